The van der Waals surface area contributed by atoms with Crippen LogP contribution in [0.2, 0.25) is 0 Å². The van der Waals surface area contributed by atoms with Gasteiger partial charge in [0, 0.05) is 12.3 Å². The van der Waals surface area contributed by atoms with Crippen molar-refractivity contribution in [1.29, 1.82) is 0 Å². The first-order chi connectivity index (χ1) is 6.29. The van der Waals surface area contributed by atoms with Crippen LogP contribution in [0.4, 0.5) is 11.4 Å². The molecule has 1 heterocycles. The van der Waals surface area contributed by atoms with Crippen molar-refractivity contribution in [3.05, 3.63) is 18.2 Å². The van der Waals surface area contributed by atoms with Crippen LogP contribution in [0.5, 0.6) is 5.75 Å². The first kappa shape index (κ1) is 8.38. The van der Waals surface area contributed by atoms with Gasteiger partial charge in [0.05, 0.1) is 18.5 Å². The van der Waals surface area contributed by atoms with Crippen LogP contribution in [0.1, 0.15) is 0 Å². The number of nitrogens with zero attached hydrogens (tertiary/aromatic N) is 1. The average Bonchev–Trinajstić information content (AvgIpc) is 2.17. The molecular weight excluding hydrogens is 188 g/mol. The lowest BCUT2D eigenvalue weighted by Gasteiger charge is -2.16. The van der Waals surface area contributed by atoms with Gasteiger partial charge in [-0.2, -0.15) is 0 Å². The number of nitrogens with one attached hydrogen (secondary N) is 1. The van der Waals surface area contributed by atoms with Gasteiger partial charge in [-0.3, -0.25) is 4.99 Å². The second-order valence-electron chi connectivity index (χ2n) is 2.71. The Balaban J connectivity index is 2.40. The van der Waals surface area contributed by atoms with E-state index in [1.165, 1.54) is 0 Å². The molecule has 0 amide bonds. The number of alkyl halides is 1. The monoisotopic (exact) mass is 196 g/mol. The summed E-state index contributed by atoms with van der Waals surface area (Å²) in [5, 5.41) is 3.07. The van der Waals surface area contributed by atoms with E-state index in [2.05, 4.69) is 10.3 Å². The molecule has 0 bridgehead atoms. The molecule has 3 nitrogen and oxygen atoms in total. The summed E-state index contributed by atoms with van der Waals surface area (Å²) in [6.07, 6.45) is 1.66. The van der Waals surface area contributed by atoms with Gasteiger partial charge in [-0.05, 0) is 12.1 Å². The molecule has 68 valence electrons. The lowest BCUT2D eigenvalue weighted by Crippen LogP contribution is -2.16. The van der Waals surface area contributed by atoms with Crippen molar-refractivity contribution in [2.75, 3.05) is 12.4 Å². The Labute approximate surface area is 81.4 Å². The molecule has 4 heteroatoms. The van der Waals surface area contributed by atoms with Crippen molar-refractivity contribution in [3.8, 4) is 5.75 Å². The van der Waals surface area contributed by atoms with Crippen LogP contribution in [0, 0.1) is 0 Å². The Bertz CT molecular complexity index is 351. The minimum atomic E-state index is -0.221. The summed E-state index contributed by atoms with van der Waals surface area (Å²) in [5.74, 6) is 0.797. The third kappa shape index (κ3) is 1.60. The van der Waals surface area contributed by atoms with Crippen LogP contribution >= 0.6 is 11.6 Å². The summed E-state index contributed by atoms with van der Waals surface area (Å²) in [5.41, 5.74) is 1.57. The molecule has 0 radical (unpaired) electrons. The quantitative estimate of drug-likeness (QED) is 0.553. The van der Waals surface area contributed by atoms with E-state index in [0.717, 1.165) is 17.1 Å². The number of aliphatic imine (C=N–C) groups is 1. The van der Waals surface area contributed by atoms with Crippen molar-refractivity contribution in [3.63, 3.8) is 0 Å². The molecule has 0 fully saturated rings. The van der Waals surface area contributed by atoms with Gasteiger partial charge in [0.15, 0.2) is 0 Å². The number of rotatable bonds is 1. The zero-order valence-corrected chi connectivity index (χ0v) is 7.88. The van der Waals surface area contributed by atoms with Crippen LogP contribution in [-0.4, -0.2) is 18.8 Å². The normalized spacial score (nSPS) is 19.1. The van der Waals surface area contributed by atoms with E-state index in [9.17, 15) is 0 Å². The molecule has 0 spiro atoms. The molecule has 2 rings (SSSR count). The number of halogens is 1. The molecule has 0 aromatic heterocycles. The van der Waals surface area contributed by atoms with Crippen LogP contribution in [0.25, 0.3) is 0 Å². The summed E-state index contributed by atoms with van der Waals surface area (Å²) in [6, 6.07) is 5.64. The molecule has 1 aromatic rings. The largest absolute Gasteiger partial charge is 0.497 e. The first-order valence-corrected chi connectivity index (χ1v) is 4.36. The van der Waals surface area contributed by atoms with E-state index >= 15 is 0 Å². The highest BCUT2D eigenvalue weighted by atomic mass is 35.5. The smallest absolute Gasteiger partial charge is 0.137 e. The Morgan fingerprint density at radius 1 is 1.54 bits per heavy atom. The van der Waals surface area contributed by atoms with Crippen molar-refractivity contribution >= 4 is 29.2 Å². The maximum atomic E-state index is 5.83. The highest BCUT2D eigenvalue weighted by molar-refractivity contribution is 6.30. The third-order valence-electron chi connectivity index (χ3n) is 1.84. The molecule has 13 heavy (non-hydrogen) atoms. The van der Waals surface area contributed by atoms with Gasteiger partial charge in [-0.15, -0.1) is 0 Å². The fraction of sp³-hybridized carbons (Fsp3) is 0.222. The molecule has 1 atom stereocenters. The molecule has 0 aliphatic carbocycles. The van der Waals surface area contributed by atoms with Gasteiger partial charge < -0.3 is 10.1 Å². The predicted octanol–water partition coefficient (Wildman–Crippen LogP) is 2.39. The Hall–Kier alpha value is -1.22. The van der Waals surface area contributed by atoms with Gasteiger partial charge in [0.2, 0.25) is 0 Å². The number of hydrogen-bond donors (Lipinski definition) is 1. The van der Waals surface area contributed by atoms with Crippen molar-refractivity contribution in [1.82, 2.24) is 0 Å². The van der Waals surface area contributed by atoms with Crippen LogP contribution in [0.3, 0.4) is 0 Å². The molecule has 1 aliphatic rings. The van der Waals surface area contributed by atoms with Crippen molar-refractivity contribution in [2.24, 2.45) is 4.99 Å². The lowest BCUT2D eigenvalue weighted by atomic mass is 10.2. The number of methoxy groups -OCH3 is 1. The van der Waals surface area contributed by atoms with Gasteiger partial charge in [-0.25, -0.2) is 0 Å². The summed E-state index contributed by atoms with van der Waals surface area (Å²) in [4.78, 5) is 4.18. The fourth-order valence-electron chi connectivity index (χ4n) is 1.20. The van der Waals surface area contributed by atoms with E-state index in [0.29, 0.717) is 0 Å². The molecule has 0 saturated heterocycles. The van der Waals surface area contributed by atoms with E-state index in [1.54, 1.807) is 13.3 Å². The van der Waals surface area contributed by atoms with Crippen LogP contribution in [-0.2, 0) is 0 Å². The number of ether oxygens (including phenoxy) is 1. The van der Waals surface area contributed by atoms with E-state index in [1.807, 2.05) is 18.2 Å². The van der Waals surface area contributed by atoms with Gasteiger partial charge in [0.25, 0.3) is 0 Å². The predicted molar refractivity (Wildman–Crippen MR) is 54.4 cm³/mol. The van der Waals surface area contributed by atoms with E-state index < -0.39 is 0 Å². The average molecular weight is 197 g/mol. The molecule has 1 N–H and O–H groups in total. The Morgan fingerprint density at radius 2 is 2.38 bits per heavy atom. The minimum Gasteiger partial charge on any atom is -0.497 e. The number of anilines is 1. The second-order valence-corrected chi connectivity index (χ2v) is 3.18. The van der Waals surface area contributed by atoms with Crippen molar-refractivity contribution < 1.29 is 4.74 Å². The second kappa shape index (κ2) is 3.26. The van der Waals surface area contributed by atoms with Crippen LogP contribution < -0.4 is 10.1 Å². The van der Waals surface area contributed by atoms with E-state index in [4.69, 9.17) is 16.3 Å². The van der Waals surface area contributed by atoms with Gasteiger partial charge in [-0.1, -0.05) is 11.6 Å². The zero-order chi connectivity index (χ0) is 9.26. The number of fused-ring (bicyclic) bond motifs is 1. The molecule has 0 saturated carbocycles. The molecular formula is C9H9ClN2O. The highest BCUT2D eigenvalue weighted by Gasteiger charge is 2.11. The number of hydrogen-bond acceptors (Lipinski definition) is 3. The topological polar surface area (TPSA) is 33.6 Å². The van der Waals surface area contributed by atoms with Gasteiger partial charge in [0.1, 0.15) is 11.3 Å². The standard InChI is InChI=1S/C9H9ClN2O/c1-13-6-2-3-7-8(4-6)11-5-9(10)12-7/h2-5,9,12H,1H3. The molecule has 1 unspecified atom stereocenters. The molecule has 1 aromatic carbocycles. The summed E-state index contributed by atoms with van der Waals surface area (Å²) < 4.78 is 5.07. The summed E-state index contributed by atoms with van der Waals surface area (Å²) >= 11 is 5.83. The number of benzene rings is 1. The summed E-state index contributed by atoms with van der Waals surface area (Å²) in [7, 11) is 1.63. The van der Waals surface area contributed by atoms with Crippen LogP contribution in [0.15, 0.2) is 23.2 Å². The SMILES string of the molecule is COc1ccc2c(c1)N=CC(Cl)N2. The van der Waals surface area contributed by atoms with Crippen molar-refractivity contribution in [2.45, 2.75) is 5.50 Å². The summed E-state index contributed by atoms with van der Waals surface area (Å²) in [6.45, 7) is 0. The maximum Gasteiger partial charge on any atom is 0.137 e. The highest BCUT2D eigenvalue weighted by Crippen LogP contribution is 2.32. The Morgan fingerprint density at radius 3 is 3.15 bits per heavy atom. The first-order valence-electron chi connectivity index (χ1n) is 3.92. The Kier molecular flexibility index (Phi) is 2.10. The maximum absolute atomic E-state index is 5.83. The molecule has 1 aliphatic heterocycles. The van der Waals surface area contributed by atoms with E-state index in [-0.39, 0.29) is 5.50 Å². The zero-order valence-electron chi connectivity index (χ0n) is 7.12. The third-order valence-corrected chi connectivity index (χ3v) is 2.06. The fourth-order valence-corrected chi connectivity index (χ4v) is 1.37. The lowest BCUT2D eigenvalue weighted by molar-refractivity contribution is 0.415. The van der Waals surface area contributed by atoms with Gasteiger partial charge >= 0.3 is 0 Å². The minimum absolute atomic E-state index is 0.221.